The Morgan fingerprint density at radius 3 is 2.56 bits per heavy atom. The van der Waals surface area contributed by atoms with Gasteiger partial charge in [0, 0.05) is 25.7 Å². The first kappa shape index (κ1) is 21.1. The lowest BCUT2D eigenvalue weighted by Crippen LogP contribution is -2.38. The number of nitrogens with zero attached hydrogens (tertiary/aromatic N) is 1. The number of aliphatic imine (C=N–C) groups is 1. The number of hydrogen-bond acceptors (Lipinski definition) is 2. The number of hydrogen-bond donors (Lipinski definition) is 2. The normalized spacial score (nSPS) is 10.8. The van der Waals surface area contributed by atoms with Crippen molar-refractivity contribution in [2.75, 3.05) is 20.7 Å². The molecular formula is C18H22F2IN3O. The van der Waals surface area contributed by atoms with Crippen LogP contribution in [0.25, 0.3) is 0 Å². The van der Waals surface area contributed by atoms with Gasteiger partial charge in [0.2, 0.25) is 0 Å². The van der Waals surface area contributed by atoms with E-state index in [1.54, 1.807) is 14.2 Å². The Bertz CT molecular complexity index is 710. The summed E-state index contributed by atoms with van der Waals surface area (Å²) in [6, 6.07) is 11.2. The molecule has 0 saturated carbocycles. The van der Waals surface area contributed by atoms with Crippen molar-refractivity contribution in [3.05, 3.63) is 65.2 Å². The second kappa shape index (κ2) is 10.9. The molecule has 0 heterocycles. The van der Waals surface area contributed by atoms with Crippen LogP contribution in [-0.2, 0) is 13.0 Å². The van der Waals surface area contributed by atoms with E-state index < -0.39 is 11.6 Å². The molecule has 0 aliphatic carbocycles. The molecule has 0 aliphatic rings. The van der Waals surface area contributed by atoms with Gasteiger partial charge in [-0.05, 0) is 36.2 Å². The van der Waals surface area contributed by atoms with Crippen LogP contribution < -0.4 is 15.4 Å². The van der Waals surface area contributed by atoms with E-state index in [2.05, 4.69) is 15.6 Å². The molecule has 0 bridgehead atoms. The number of methoxy groups -OCH3 is 1. The average Bonchev–Trinajstić information content (AvgIpc) is 2.61. The zero-order chi connectivity index (χ0) is 17.4. The van der Waals surface area contributed by atoms with Gasteiger partial charge in [0.1, 0.15) is 17.4 Å². The first-order chi connectivity index (χ1) is 11.6. The minimum atomic E-state index is -0.465. The molecule has 7 heteroatoms. The second-order valence-corrected chi connectivity index (χ2v) is 5.15. The van der Waals surface area contributed by atoms with Gasteiger partial charge in [-0.1, -0.05) is 18.2 Å². The summed E-state index contributed by atoms with van der Waals surface area (Å²) in [5.41, 5.74) is 1.34. The summed E-state index contributed by atoms with van der Waals surface area (Å²) in [6.07, 6.45) is 0.749. The predicted octanol–water partition coefficient (Wildman–Crippen LogP) is 3.50. The Labute approximate surface area is 163 Å². The van der Waals surface area contributed by atoms with Gasteiger partial charge in [-0.2, -0.15) is 0 Å². The van der Waals surface area contributed by atoms with Gasteiger partial charge in [-0.3, -0.25) is 4.99 Å². The quantitative estimate of drug-likeness (QED) is 0.394. The lowest BCUT2D eigenvalue weighted by molar-refractivity contribution is 0.409. The van der Waals surface area contributed by atoms with E-state index in [0.717, 1.165) is 29.9 Å². The van der Waals surface area contributed by atoms with Gasteiger partial charge in [0.25, 0.3) is 0 Å². The van der Waals surface area contributed by atoms with E-state index in [4.69, 9.17) is 4.74 Å². The van der Waals surface area contributed by atoms with Crippen LogP contribution in [0.3, 0.4) is 0 Å². The minimum Gasteiger partial charge on any atom is -0.496 e. The van der Waals surface area contributed by atoms with Gasteiger partial charge in [-0.15, -0.1) is 24.0 Å². The van der Waals surface area contributed by atoms with Gasteiger partial charge >= 0.3 is 0 Å². The smallest absolute Gasteiger partial charge is 0.191 e. The second-order valence-electron chi connectivity index (χ2n) is 5.15. The molecule has 0 amide bonds. The molecule has 0 atom stereocenters. The van der Waals surface area contributed by atoms with E-state index in [1.807, 2.05) is 24.3 Å². The van der Waals surface area contributed by atoms with Crippen LogP contribution in [0.15, 0.2) is 47.5 Å². The zero-order valence-electron chi connectivity index (χ0n) is 14.2. The number of guanidine groups is 1. The molecular weight excluding hydrogens is 439 g/mol. The van der Waals surface area contributed by atoms with E-state index in [9.17, 15) is 8.78 Å². The Hall–Kier alpha value is -1.90. The SMILES string of the molecule is CN=C(NCCc1ccccc1OC)NCc1cc(F)ccc1F.I. The Morgan fingerprint density at radius 1 is 1.08 bits per heavy atom. The number of rotatable bonds is 6. The number of para-hydroxylation sites is 1. The topological polar surface area (TPSA) is 45.7 Å². The highest BCUT2D eigenvalue weighted by molar-refractivity contribution is 14.0. The molecule has 2 rings (SSSR count). The van der Waals surface area contributed by atoms with Gasteiger partial charge < -0.3 is 15.4 Å². The van der Waals surface area contributed by atoms with Crippen LogP contribution in [0.1, 0.15) is 11.1 Å². The van der Waals surface area contributed by atoms with Gasteiger partial charge in [0.15, 0.2) is 5.96 Å². The third-order valence-corrected chi connectivity index (χ3v) is 3.56. The fourth-order valence-corrected chi connectivity index (χ4v) is 2.30. The maximum Gasteiger partial charge on any atom is 0.191 e. The summed E-state index contributed by atoms with van der Waals surface area (Å²) in [5.74, 6) is 0.443. The van der Waals surface area contributed by atoms with Crippen molar-refractivity contribution < 1.29 is 13.5 Å². The summed E-state index contributed by atoms with van der Waals surface area (Å²) in [4.78, 5) is 4.08. The summed E-state index contributed by atoms with van der Waals surface area (Å²) in [5, 5.41) is 6.11. The summed E-state index contributed by atoms with van der Waals surface area (Å²) < 4.78 is 32.1. The number of benzene rings is 2. The van der Waals surface area contributed by atoms with Crippen molar-refractivity contribution in [3.8, 4) is 5.75 Å². The number of ether oxygens (including phenoxy) is 1. The van der Waals surface area contributed by atoms with Crippen LogP contribution in [-0.4, -0.2) is 26.7 Å². The summed E-state index contributed by atoms with van der Waals surface area (Å²) >= 11 is 0. The van der Waals surface area contributed by atoms with Crippen molar-refractivity contribution in [1.29, 1.82) is 0 Å². The highest BCUT2D eigenvalue weighted by Gasteiger charge is 2.06. The van der Waals surface area contributed by atoms with Crippen molar-refractivity contribution in [2.24, 2.45) is 4.99 Å². The third kappa shape index (κ3) is 6.49. The highest BCUT2D eigenvalue weighted by Crippen LogP contribution is 2.17. The van der Waals surface area contributed by atoms with Crippen molar-refractivity contribution in [1.82, 2.24) is 10.6 Å². The summed E-state index contributed by atoms with van der Waals surface area (Å²) in [6.45, 7) is 0.781. The average molecular weight is 461 g/mol. The third-order valence-electron chi connectivity index (χ3n) is 3.56. The standard InChI is InChI=1S/C18H21F2N3O.HI/c1-21-18(23-12-14-11-15(19)7-8-16(14)20)22-10-9-13-5-3-4-6-17(13)24-2;/h3-8,11H,9-10,12H2,1-2H3,(H2,21,22,23);1H. The van der Waals surface area contributed by atoms with Crippen molar-refractivity contribution >= 4 is 29.9 Å². The number of nitrogens with one attached hydrogen (secondary N) is 2. The molecule has 4 nitrogen and oxygen atoms in total. The lowest BCUT2D eigenvalue weighted by Gasteiger charge is -2.13. The fraction of sp³-hybridized carbons (Fsp3) is 0.278. The van der Waals surface area contributed by atoms with Crippen LogP contribution in [0.4, 0.5) is 8.78 Å². The molecule has 0 aromatic heterocycles. The van der Waals surface area contributed by atoms with E-state index in [1.165, 1.54) is 6.07 Å². The van der Waals surface area contributed by atoms with Crippen molar-refractivity contribution in [2.45, 2.75) is 13.0 Å². The van der Waals surface area contributed by atoms with Crippen LogP contribution in [0, 0.1) is 11.6 Å². The first-order valence-electron chi connectivity index (χ1n) is 7.64. The molecule has 25 heavy (non-hydrogen) atoms. The lowest BCUT2D eigenvalue weighted by atomic mass is 10.1. The molecule has 136 valence electrons. The monoisotopic (exact) mass is 461 g/mol. The van der Waals surface area contributed by atoms with E-state index in [-0.39, 0.29) is 36.1 Å². The van der Waals surface area contributed by atoms with Crippen LogP contribution in [0.2, 0.25) is 0 Å². The molecule has 2 aromatic rings. The largest absolute Gasteiger partial charge is 0.496 e. The Balaban J connectivity index is 0.00000312. The van der Waals surface area contributed by atoms with E-state index >= 15 is 0 Å². The molecule has 2 N–H and O–H groups in total. The highest BCUT2D eigenvalue weighted by atomic mass is 127. The molecule has 0 saturated heterocycles. The maximum absolute atomic E-state index is 13.6. The molecule has 0 unspecified atom stereocenters. The molecule has 0 aliphatic heterocycles. The van der Waals surface area contributed by atoms with Crippen LogP contribution in [0.5, 0.6) is 5.75 Å². The zero-order valence-corrected chi connectivity index (χ0v) is 16.5. The van der Waals surface area contributed by atoms with Gasteiger partial charge in [0.05, 0.1) is 7.11 Å². The molecule has 2 aromatic carbocycles. The maximum atomic E-state index is 13.6. The van der Waals surface area contributed by atoms with Crippen LogP contribution >= 0.6 is 24.0 Å². The first-order valence-corrected chi connectivity index (χ1v) is 7.64. The van der Waals surface area contributed by atoms with E-state index in [0.29, 0.717) is 12.5 Å². The molecule has 0 radical (unpaired) electrons. The minimum absolute atomic E-state index is 0. The Kier molecular flexibility index (Phi) is 9.18. The fourth-order valence-electron chi connectivity index (χ4n) is 2.30. The Morgan fingerprint density at radius 2 is 1.84 bits per heavy atom. The molecule has 0 spiro atoms. The summed E-state index contributed by atoms with van der Waals surface area (Å²) in [7, 11) is 3.26. The van der Waals surface area contributed by atoms with Crippen molar-refractivity contribution in [3.63, 3.8) is 0 Å². The van der Waals surface area contributed by atoms with Gasteiger partial charge in [-0.25, -0.2) is 8.78 Å². The molecule has 0 fully saturated rings. The predicted molar refractivity (Wildman–Crippen MR) is 107 cm³/mol. The number of halogens is 3.